The molecule has 3 heteroatoms. The molecule has 1 aromatic heterocycles. The summed E-state index contributed by atoms with van der Waals surface area (Å²) in [5.74, 6) is 0.629. The maximum absolute atomic E-state index is 9.00. The summed E-state index contributed by atoms with van der Waals surface area (Å²) in [5, 5.41) is 9.00. The molecular weight excluding hydrogens is 140 g/mol. The van der Waals surface area contributed by atoms with Crippen molar-refractivity contribution in [3.63, 3.8) is 0 Å². The predicted molar refractivity (Wildman–Crippen MR) is 44.2 cm³/mol. The molecule has 0 aliphatic heterocycles. The molecule has 4 N–H and O–H groups in total. The number of hydrogen-bond acceptors (Lipinski definition) is 2. The second-order valence-corrected chi connectivity index (χ2v) is 3.08. The highest BCUT2D eigenvalue weighted by Crippen LogP contribution is 2.20. The molecule has 0 radical (unpaired) electrons. The highest BCUT2D eigenvalue weighted by atomic mass is 16.3. The van der Waals surface area contributed by atoms with Crippen molar-refractivity contribution >= 4 is 0 Å². The SMILES string of the molecule is CC(C)[C@@H](N)c1cc(O)c[nH]1. The Morgan fingerprint density at radius 3 is 2.55 bits per heavy atom. The number of aromatic nitrogens is 1. The van der Waals surface area contributed by atoms with Gasteiger partial charge in [0.15, 0.2) is 0 Å². The van der Waals surface area contributed by atoms with Gasteiger partial charge in [0.2, 0.25) is 0 Å². The topological polar surface area (TPSA) is 62.0 Å². The van der Waals surface area contributed by atoms with Crippen molar-refractivity contribution in [3.8, 4) is 5.75 Å². The third-order valence-electron chi connectivity index (χ3n) is 1.77. The van der Waals surface area contributed by atoms with Gasteiger partial charge in [0.25, 0.3) is 0 Å². The van der Waals surface area contributed by atoms with Crippen LogP contribution in [0.2, 0.25) is 0 Å². The third kappa shape index (κ3) is 1.74. The van der Waals surface area contributed by atoms with Gasteiger partial charge < -0.3 is 15.8 Å². The first-order chi connectivity index (χ1) is 5.11. The minimum absolute atomic E-state index is 0.0177. The van der Waals surface area contributed by atoms with Crippen LogP contribution in [-0.4, -0.2) is 10.1 Å². The summed E-state index contributed by atoms with van der Waals surface area (Å²) < 4.78 is 0. The quantitative estimate of drug-likeness (QED) is 0.602. The van der Waals surface area contributed by atoms with Gasteiger partial charge in [-0.2, -0.15) is 0 Å². The van der Waals surface area contributed by atoms with Gasteiger partial charge in [-0.15, -0.1) is 0 Å². The van der Waals surface area contributed by atoms with Crippen LogP contribution < -0.4 is 5.73 Å². The van der Waals surface area contributed by atoms with Gasteiger partial charge in [0.1, 0.15) is 5.75 Å². The van der Waals surface area contributed by atoms with Gasteiger partial charge in [-0.1, -0.05) is 13.8 Å². The fourth-order valence-corrected chi connectivity index (χ4v) is 0.951. The van der Waals surface area contributed by atoms with Crippen LogP contribution in [0.4, 0.5) is 0 Å². The minimum atomic E-state index is -0.0177. The molecule has 0 saturated heterocycles. The van der Waals surface area contributed by atoms with Gasteiger partial charge in [-0.3, -0.25) is 0 Å². The molecule has 62 valence electrons. The van der Waals surface area contributed by atoms with E-state index in [4.69, 9.17) is 10.8 Å². The number of H-pyrrole nitrogens is 1. The molecular formula is C8H14N2O. The standard InChI is InChI=1S/C8H14N2O/c1-5(2)8(9)7-3-6(11)4-10-7/h3-5,8,10-11H,9H2,1-2H3/t8-/m1/s1. The van der Waals surface area contributed by atoms with E-state index in [2.05, 4.69) is 4.98 Å². The number of rotatable bonds is 2. The summed E-state index contributed by atoms with van der Waals surface area (Å²) in [7, 11) is 0. The van der Waals surface area contributed by atoms with Crippen LogP contribution in [0.3, 0.4) is 0 Å². The van der Waals surface area contributed by atoms with Crippen LogP contribution in [0, 0.1) is 5.92 Å². The van der Waals surface area contributed by atoms with Crippen LogP contribution in [0.15, 0.2) is 12.3 Å². The Hall–Kier alpha value is -0.960. The number of hydrogen-bond donors (Lipinski definition) is 3. The summed E-state index contributed by atoms with van der Waals surface area (Å²) in [4.78, 5) is 2.91. The Morgan fingerprint density at radius 1 is 1.55 bits per heavy atom. The molecule has 0 bridgehead atoms. The van der Waals surface area contributed by atoms with E-state index < -0.39 is 0 Å². The molecule has 1 atom stereocenters. The molecule has 0 fully saturated rings. The molecule has 0 unspecified atom stereocenters. The lowest BCUT2D eigenvalue weighted by molar-refractivity contribution is 0.474. The lowest BCUT2D eigenvalue weighted by Gasteiger charge is -2.12. The third-order valence-corrected chi connectivity index (χ3v) is 1.77. The lowest BCUT2D eigenvalue weighted by atomic mass is 10.0. The maximum Gasteiger partial charge on any atom is 0.133 e. The van der Waals surface area contributed by atoms with Crippen LogP contribution in [-0.2, 0) is 0 Å². The summed E-state index contributed by atoms with van der Waals surface area (Å²) in [6.07, 6.45) is 1.54. The van der Waals surface area contributed by atoms with Crippen molar-refractivity contribution in [2.45, 2.75) is 19.9 Å². The Labute approximate surface area is 66.2 Å². The molecule has 0 aromatic carbocycles. The molecule has 3 nitrogen and oxygen atoms in total. The van der Waals surface area contributed by atoms with Crippen LogP contribution >= 0.6 is 0 Å². The van der Waals surface area contributed by atoms with Gasteiger partial charge in [-0.05, 0) is 5.92 Å². The van der Waals surface area contributed by atoms with E-state index in [1.807, 2.05) is 13.8 Å². The summed E-state index contributed by atoms with van der Waals surface area (Å²) in [6.45, 7) is 4.09. The van der Waals surface area contributed by atoms with Crippen molar-refractivity contribution < 1.29 is 5.11 Å². The molecule has 1 aromatic rings. The summed E-state index contributed by atoms with van der Waals surface area (Å²) in [5.41, 5.74) is 6.70. The highest BCUT2D eigenvalue weighted by Gasteiger charge is 2.11. The summed E-state index contributed by atoms with van der Waals surface area (Å²) >= 11 is 0. The predicted octanol–water partition coefficient (Wildman–Crippen LogP) is 1.38. The van der Waals surface area contributed by atoms with Gasteiger partial charge in [0, 0.05) is 24.0 Å². The zero-order chi connectivity index (χ0) is 8.43. The lowest BCUT2D eigenvalue weighted by Crippen LogP contribution is -2.16. The fourth-order valence-electron chi connectivity index (χ4n) is 0.951. The second kappa shape index (κ2) is 2.96. The fraction of sp³-hybridized carbons (Fsp3) is 0.500. The Bertz CT molecular complexity index is 230. The second-order valence-electron chi connectivity index (χ2n) is 3.08. The highest BCUT2D eigenvalue weighted by molar-refractivity contribution is 5.23. The van der Waals surface area contributed by atoms with Crippen LogP contribution in [0.25, 0.3) is 0 Å². The molecule has 1 heterocycles. The molecule has 0 aliphatic rings. The molecule has 0 saturated carbocycles. The van der Waals surface area contributed by atoms with E-state index in [0.717, 1.165) is 5.69 Å². The van der Waals surface area contributed by atoms with E-state index >= 15 is 0 Å². The number of nitrogens with one attached hydrogen (secondary N) is 1. The van der Waals surface area contributed by atoms with E-state index in [1.165, 1.54) is 6.20 Å². The van der Waals surface area contributed by atoms with E-state index in [1.54, 1.807) is 6.07 Å². The van der Waals surface area contributed by atoms with Gasteiger partial charge in [0.05, 0.1) is 0 Å². The molecule has 11 heavy (non-hydrogen) atoms. The smallest absolute Gasteiger partial charge is 0.133 e. The Morgan fingerprint density at radius 2 is 2.18 bits per heavy atom. The first-order valence-electron chi connectivity index (χ1n) is 3.74. The molecule has 1 rings (SSSR count). The van der Waals surface area contributed by atoms with Crippen LogP contribution in [0.1, 0.15) is 25.6 Å². The first kappa shape index (κ1) is 8.14. The number of nitrogens with two attached hydrogens (primary N) is 1. The van der Waals surface area contributed by atoms with Crippen molar-refractivity contribution in [1.29, 1.82) is 0 Å². The average Bonchev–Trinajstić information content (AvgIpc) is 2.34. The van der Waals surface area contributed by atoms with Gasteiger partial charge in [-0.25, -0.2) is 0 Å². The maximum atomic E-state index is 9.00. The minimum Gasteiger partial charge on any atom is -0.506 e. The number of aromatic amines is 1. The Kier molecular flexibility index (Phi) is 2.19. The van der Waals surface area contributed by atoms with Gasteiger partial charge >= 0.3 is 0 Å². The van der Waals surface area contributed by atoms with Crippen molar-refractivity contribution in [3.05, 3.63) is 18.0 Å². The Balaban J connectivity index is 2.76. The molecule has 0 amide bonds. The monoisotopic (exact) mass is 154 g/mol. The normalized spacial score (nSPS) is 13.8. The van der Waals surface area contributed by atoms with Crippen molar-refractivity contribution in [2.24, 2.45) is 11.7 Å². The molecule has 0 spiro atoms. The largest absolute Gasteiger partial charge is 0.506 e. The van der Waals surface area contributed by atoms with E-state index in [-0.39, 0.29) is 11.8 Å². The zero-order valence-corrected chi connectivity index (χ0v) is 6.83. The van der Waals surface area contributed by atoms with Crippen molar-refractivity contribution in [2.75, 3.05) is 0 Å². The first-order valence-corrected chi connectivity index (χ1v) is 3.74. The zero-order valence-electron chi connectivity index (χ0n) is 6.83. The number of aromatic hydroxyl groups is 1. The molecule has 0 aliphatic carbocycles. The van der Waals surface area contributed by atoms with E-state index in [9.17, 15) is 0 Å². The summed E-state index contributed by atoms with van der Waals surface area (Å²) in [6, 6.07) is 1.64. The average molecular weight is 154 g/mol. The van der Waals surface area contributed by atoms with Crippen molar-refractivity contribution in [1.82, 2.24) is 4.98 Å². The van der Waals surface area contributed by atoms with Crippen LogP contribution in [0.5, 0.6) is 5.75 Å². The van der Waals surface area contributed by atoms with E-state index in [0.29, 0.717) is 5.92 Å².